The van der Waals surface area contributed by atoms with Gasteiger partial charge in [0.1, 0.15) is 5.75 Å². The van der Waals surface area contributed by atoms with Crippen molar-refractivity contribution in [2.24, 2.45) is 0 Å². The zero-order valence-electron chi connectivity index (χ0n) is 17.7. The first kappa shape index (κ1) is 18.6. The summed E-state index contributed by atoms with van der Waals surface area (Å²) in [5, 5.41) is 24.8. The molecule has 166 valence electrons. The molecular formula is C24H19N3O6. The van der Waals surface area contributed by atoms with Gasteiger partial charge < -0.3 is 34.8 Å². The molecule has 3 aromatic rings. The lowest BCUT2D eigenvalue weighted by Gasteiger charge is -2.49. The molecule has 9 nitrogen and oxygen atoms in total. The minimum Gasteiger partial charge on any atom is -0.507 e. The maximum atomic E-state index is 13.5. The van der Waals surface area contributed by atoms with Crippen molar-refractivity contribution in [3.8, 4) is 28.7 Å². The molecule has 0 aliphatic carbocycles. The Bertz CT molecular complexity index is 1430. The van der Waals surface area contributed by atoms with Crippen molar-refractivity contribution in [2.45, 2.75) is 12.1 Å². The smallest absolute Gasteiger partial charge is 0.254 e. The first-order valence-electron chi connectivity index (χ1n) is 10.6. The average molecular weight is 445 g/mol. The van der Waals surface area contributed by atoms with Crippen LogP contribution in [0.2, 0.25) is 0 Å². The summed E-state index contributed by atoms with van der Waals surface area (Å²) in [6, 6.07) is 8.87. The number of nitrogens with one attached hydrogen (secondary N) is 2. The molecule has 0 fully saturated rings. The van der Waals surface area contributed by atoms with Gasteiger partial charge in [-0.05, 0) is 49.4 Å². The number of hydrogen-bond acceptors (Lipinski definition) is 8. The molecule has 7 rings (SSSR count). The standard InChI is InChI=1S/C24H19N3O6/c1-27-5-4-11-6-17-18(32-9-31-17)8-15(11)24(27)22(25)19-14(23(29)26-24)7-13-12(20(19)28)2-3-16-21(13)33-10-30-16/h2-3,6-8,25,28H,4-5,9-10H2,1H3,(H,26,29). The van der Waals surface area contributed by atoms with Crippen LogP contribution in [0.25, 0.3) is 10.8 Å². The number of hydrogen-bond donors (Lipinski definition) is 3. The molecule has 9 heteroatoms. The van der Waals surface area contributed by atoms with Crippen LogP contribution in [-0.2, 0) is 12.1 Å². The number of phenolic OH excluding ortho intramolecular Hbond substituents is 1. The molecule has 4 aliphatic heterocycles. The Kier molecular flexibility index (Phi) is 3.42. The maximum absolute atomic E-state index is 13.5. The van der Waals surface area contributed by atoms with E-state index in [2.05, 4.69) is 5.32 Å². The summed E-state index contributed by atoms with van der Waals surface area (Å²) in [7, 11) is 1.86. The predicted octanol–water partition coefficient (Wildman–Crippen LogP) is 2.45. The van der Waals surface area contributed by atoms with Gasteiger partial charge in [0, 0.05) is 22.9 Å². The lowest BCUT2D eigenvalue weighted by molar-refractivity contribution is 0.0753. The van der Waals surface area contributed by atoms with Gasteiger partial charge >= 0.3 is 0 Å². The summed E-state index contributed by atoms with van der Waals surface area (Å²) >= 11 is 0. The Hall–Kier alpha value is -3.98. The largest absolute Gasteiger partial charge is 0.507 e. The van der Waals surface area contributed by atoms with E-state index in [1.54, 1.807) is 18.2 Å². The van der Waals surface area contributed by atoms with Crippen molar-refractivity contribution in [3.05, 3.63) is 52.6 Å². The Morgan fingerprint density at radius 2 is 1.79 bits per heavy atom. The Labute approximate surface area is 187 Å². The number of aromatic hydroxyl groups is 1. The molecule has 3 aromatic carbocycles. The van der Waals surface area contributed by atoms with Gasteiger partial charge in [-0.1, -0.05) is 0 Å². The van der Waals surface area contributed by atoms with Crippen LogP contribution in [0.3, 0.4) is 0 Å². The summed E-state index contributed by atoms with van der Waals surface area (Å²) in [6.45, 7) is 0.823. The van der Waals surface area contributed by atoms with Crippen LogP contribution in [0.1, 0.15) is 27.0 Å². The van der Waals surface area contributed by atoms with Crippen LogP contribution >= 0.6 is 0 Å². The zero-order valence-corrected chi connectivity index (χ0v) is 17.7. The second-order valence-electron chi connectivity index (χ2n) is 8.62. The highest BCUT2D eigenvalue weighted by Gasteiger charge is 2.52. The number of fused-ring (bicyclic) bond motifs is 7. The molecule has 0 aromatic heterocycles. The van der Waals surface area contributed by atoms with Crippen molar-refractivity contribution < 1.29 is 28.8 Å². The summed E-state index contributed by atoms with van der Waals surface area (Å²) in [6.07, 6.45) is 0.730. The quantitative estimate of drug-likeness (QED) is 0.487. The van der Waals surface area contributed by atoms with Crippen LogP contribution in [0.15, 0.2) is 30.3 Å². The number of amides is 1. The number of likely N-dealkylation sites (N-methyl/N-ethyl adjacent to an activating group) is 1. The van der Waals surface area contributed by atoms with Crippen LogP contribution in [-0.4, -0.2) is 48.8 Å². The van der Waals surface area contributed by atoms with E-state index in [1.165, 1.54) is 0 Å². The van der Waals surface area contributed by atoms with Crippen LogP contribution < -0.4 is 24.3 Å². The highest BCUT2D eigenvalue weighted by Crippen LogP contribution is 2.49. The van der Waals surface area contributed by atoms with Crippen LogP contribution in [0, 0.1) is 5.41 Å². The highest BCUT2D eigenvalue weighted by atomic mass is 16.7. The molecule has 3 N–H and O–H groups in total. The fourth-order valence-electron chi connectivity index (χ4n) is 5.41. The van der Waals surface area contributed by atoms with Crippen molar-refractivity contribution in [2.75, 3.05) is 27.2 Å². The molecule has 0 saturated heterocycles. The lowest BCUT2D eigenvalue weighted by Crippen LogP contribution is -2.66. The minimum atomic E-state index is -1.25. The number of carbonyl (C=O) groups is 1. The molecule has 0 saturated carbocycles. The second kappa shape index (κ2) is 6.08. The van der Waals surface area contributed by atoms with Gasteiger partial charge in [-0.15, -0.1) is 0 Å². The average Bonchev–Trinajstić information content (AvgIpc) is 3.47. The van der Waals surface area contributed by atoms with Crippen molar-refractivity contribution in [1.29, 1.82) is 5.41 Å². The van der Waals surface area contributed by atoms with Gasteiger partial charge in [0.25, 0.3) is 5.91 Å². The normalized spacial score (nSPS) is 22.5. The molecule has 0 bridgehead atoms. The number of benzene rings is 3. The molecule has 1 unspecified atom stereocenters. The number of phenols is 1. The predicted molar refractivity (Wildman–Crippen MR) is 117 cm³/mol. The van der Waals surface area contributed by atoms with Gasteiger partial charge in [0.15, 0.2) is 28.7 Å². The lowest BCUT2D eigenvalue weighted by atomic mass is 9.77. The highest BCUT2D eigenvalue weighted by molar-refractivity contribution is 6.23. The van der Waals surface area contributed by atoms with E-state index in [-0.39, 0.29) is 42.1 Å². The van der Waals surface area contributed by atoms with E-state index in [1.807, 2.05) is 24.1 Å². The molecule has 1 amide bonds. The van der Waals surface area contributed by atoms with Gasteiger partial charge in [0.2, 0.25) is 13.6 Å². The maximum Gasteiger partial charge on any atom is 0.254 e. The van der Waals surface area contributed by atoms with E-state index in [4.69, 9.17) is 18.9 Å². The summed E-state index contributed by atoms with van der Waals surface area (Å²) in [5.41, 5.74) is 0.990. The molecule has 33 heavy (non-hydrogen) atoms. The number of nitrogens with zero attached hydrogens (tertiary/aromatic N) is 1. The Balaban J connectivity index is 1.49. The van der Waals surface area contributed by atoms with Gasteiger partial charge in [-0.3, -0.25) is 9.69 Å². The summed E-state index contributed by atoms with van der Waals surface area (Å²) < 4.78 is 22.2. The topological polar surface area (TPSA) is 113 Å². The van der Waals surface area contributed by atoms with Crippen molar-refractivity contribution in [1.82, 2.24) is 10.2 Å². The van der Waals surface area contributed by atoms with E-state index in [0.29, 0.717) is 40.3 Å². The van der Waals surface area contributed by atoms with Gasteiger partial charge in [-0.25, -0.2) is 0 Å². The van der Waals surface area contributed by atoms with E-state index >= 15 is 0 Å². The SMILES string of the molecule is CN1CCc2cc3c(cc2C12NC(=O)c1cc4c5c(ccc4c(O)c1C2=N)OCO5)OCO3. The van der Waals surface area contributed by atoms with E-state index in [0.717, 1.165) is 17.5 Å². The molecular weight excluding hydrogens is 426 g/mol. The molecule has 1 atom stereocenters. The summed E-state index contributed by atoms with van der Waals surface area (Å²) in [5.74, 6) is 1.77. The Morgan fingerprint density at radius 1 is 1.03 bits per heavy atom. The molecule has 0 radical (unpaired) electrons. The third kappa shape index (κ3) is 2.19. The van der Waals surface area contributed by atoms with E-state index < -0.39 is 5.66 Å². The summed E-state index contributed by atoms with van der Waals surface area (Å²) in [4.78, 5) is 15.5. The Morgan fingerprint density at radius 3 is 2.64 bits per heavy atom. The van der Waals surface area contributed by atoms with Crippen LogP contribution in [0.4, 0.5) is 0 Å². The van der Waals surface area contributed by atoms with Crippen LogP contribution in [0.5, 0.6) is 28.7 Å². The first-order chi connectivity index (χ1) is 16.0. The van der Waals surface area contributed by atoms with Crippen molar-refractivity contribution in [3.63, 3.8) is 0 Å². The third-order valence-corrected chi connectivity index (χ3v) is 7.06. The minimum absolute atomic E-state index is 0.0785. The van der Waals surface area contributed by atoms with Gasteiger partial charge in [0.05, 0.1) is 16.8 Å². The third-order valence-electron chi connectivity index (χ3n) is 7.06. The number of ether oxygens (including phenoxy) is 4. The first-order valence-corrected chi connectivity index (χ1v) is 10.6. The van der Waals surface area contributed by atoms with E-state index in [9.17, 15) is 15.3 Å². The molecule has 4 aliphatic rings. The zero-order chi connectivity index (χ0) is 22.5. The fourth-order valence-corrected chi connectivity index (χ4v) is 5.41. The van der Waals surface area contributed by atoms with Gasteiger partial charge in [-0.2, -0.15) is 0 Å². The molecule has 4 heterocycles. The van der Waals surface area contributed by atoms with Crippen molar-refractivity contribution >= 4 is 22.4 Å². The second-order valence-corrected chi connectivity index (χ2v) is 8.62. The fraction of sp³-hybridized carbons (Fsp3) is 0.250. The number of rotatable bonds is 0. The monoisotopic (exact) mass is 445 g/mol. The number of carbonyl (C=O) groups excluding carboxylic acids is 1. The molecule has 1 spiro atoms.